The number of benzene rings is 2. The van der Waals surface area contributed by atoms with Crippen LogP contribution in [0.25, 0.3) is 6.08 Å². The van der Waals surface area contributed by atoms with Crippen molar-refractivity contribution >= 4 is 23.9 Å². The average Bonchev–Trinajstić information content (AvgIpc) is 2.95. The Bertz CT molecular complexity index is 888. The van der Waals surface area contributed by atoms with Gasteiger partial charge in [0, 0.05) is 5.56 Å². The van der Waals surface area contributed by atoms with Gasteiger partial charge in [0.15, 0.2) is 12.3 Å². The molecule has 25 heavy (non-hydrogen) atoms. The Balaban J connectivity index is 1.78. The second-order valence-electron chi connectivity index (χ2n) is 5.17. The predicted molar refractivity (Wildman–Crippen MR) is 88.1 cm³/mol. The summed E-state index contributed by atoms with van der Waals surface area (Å²) >= 11 is 0. The van der Waals surface area contributed by atoms with Gasteiger partial charge in [-0.3, -0.25) is 4.79 Å². The molecule has 2 N–H and O–H groups in total. The molecule has 0 radical (unpaired) electrons. The quantitative estimate of drug-likeness (QED) is 0.666. The number of nitrogens with zero attached hydrogens (tertiary/aromatic N) is 1. The third kappa shape index (κ3) is 4.08. The van der Waals surface area contributed by atoms with Crippen molar-refractivity contribution in [1.82, 2.24) is 0 Å². The zero-order valence-corrected chi connectivity index (χ0v) is 12.9. The topological polar surface area (TPSA) is 91.0 Å². The third-order valence-electron chi connectivity index (χ3n) is 3.26. The molecule has 0 bridgehead atoms. The number of esters is 1. The van der Waals surface area contributed by atoms with Crippen LogP contribution in [-0.2, 0) is 14.3 Å². The molecule has 0 saturated carbocycles. The highest BCUT2D eigenvalue weighted by atomic mass is 19.1. The molecule has 0 unspecified atom stereocenters. The summed E-state index contributed by atoms with van der Waals surface area (Å²) in [6.45, 7) is -0.214. The summed E-state index contributed by atoms with van der Waals surface area (Å²) in [7, 11) is 0. The summed E-state index contributed by atoms with van der Waals surface area (Å²) in [5.41, 5.74) is 6.17. The minimum absolute atomic E-state index is 0.0529. The fourth-order valence-corrected chi connectivity index (χ4v) is 2.13. The van der Waals surface area contributed by atoms with Gasteiger partial charge in [0.25, 0.3) is 5.91 Å². The highest BCUT2D eigenvalue weighted by Crippen LogP contribution is 2.21. The van der Waals surface area contributed by atoms with E-state index in [1.54, 1.807) is 30.3 Å². The van der Waals surface area contributed by atoms with Crippen LogP contribution in [0.2, 0.25) is 0 Å². The second-order valence-corrected chi connectivity index (χ2v) is 5.17. The number of hydrogen-bond donors (Lipinski definition) is 1. The number of aliphatic imine (C=N–C) groups is 1. The zero-order valence-electron chi connectivity index (χ0n) is 12.9. The van der Waals surface area contributed by atoms with E-state index >= 15 is 0 Å². The normalized spacial score (nSPS) is 15.0. The first-order valence-corrected chi connectivity index (χ1v) is 7.31. The molecule has 2 aromatic rings. The first-order valence-electron chi connectivity index (χ1n) is 7.31. The summed E-state index contributed by atoms with van der Waals surface area (Å²) in [4.78, 5) is 26.7. The van der Waals surface area contributed by atoms with Crippen LogP contribution in [0.15, 0.2) is 59.2 Å². The van der Waals surface area contributed by atoms with Crippen molar-refractivity contribution in [3.05, 3.63) is 71.2 Å². The molecule has 1 amide bonds. The molecule has 0 fully saturated rings. The molecule has 0 aliphatic carbocycles. The first-order chi connectivity index (χ1) is 12.0. The lowest BCUT2D eigenvalue weighted by atomic mass is 10.2. The number of halogens is 1. The molecule has 0 saturated heterocycles. The van der Waals surface area contributed by atoms with E-state index in [4.69, 9.17) is 15.2 Å². The fourth-order valence-electron chi connectivity index (χ4n) is 2.13. The average molecular weight is 340 g/mol. The molecule has 0 aromatic heterocycles. The van der Waals surface area contributed by atoms with Crippen molar-refractivity contribution in [2.75, 3.05) is 6.61 Å². The molecule has 126 valence electrons. The van der Waals surface area contributed by atoms with E-state index in [1.165, 1.54) is 24.3 Å². The van der Waals surface area contributed by atoms with Crippen molar-refractivity contribution in [1.29, 1.82) is 0 Å². The van der Waals surface area contributed by atoms with Gasteiger partial charge in [-0.25, -0.2) is 14.2 Å². The SMILES string of the molecule is NC(=O)COc1ccc(/C=C2\N=C(c3cccc(F)c3)OC2=O)cc1. The standard InChI is InChI=1S/C18H13FN2O4/c19-13-3-1-2-12(9-13)17-21-15(18(23)25-17)8-11-4-6-14(7-5-11)24-10-16(20)22/h1-9H,10H2,(H2,20,22)/b15-8-. The van der Waals surface area contributed by atoms with Gasteiger partial charge >= 0.3 is 5.97 Å². The summed E-state index contributed by atoms with van der Waals surface area (Å²) in [5.74, 6) is -1.11. The van der Waals surface area contributed by atoms with E-state index in [0.717, 1.165) is 0 Å². The minimum atomic E-state index is -0.617. The van der Waals surface area contributed by atoms with Crippen LogP contribution < -0.4 is 10.5 Å². The van der Waals surface area contributed by atoms with Crippen molar-refractivity contribution in [2.45, 2.75) is 0 Å². The maximum atomic E-state index is 13.3. The van der Waals surface area contributed by atoms with Gasteiger partial charge in [-0.2, -0.15) is 0 Å². The van der Waals surface area contributed by atoms with Gasteiger partial charge < -0.3 is 15.2 Å². The molecular weight excluding hydrogens is 327 g/mol. The van der Waals surface area contributed by atoms with Crippen molar-refractivity contribution < 1.29 is 23.5 Å². The van der Waals surface area contributed by atoms with Crippen LogP contribution in [0, 0.1) is 5.82 Å². The van der Waals surface area contributed by atoms with Crippen molar-refractivity contribution in [3.63, 3.8) is 0 Å². The summed E-state index contributed by atoms with van der Waals surface area (Å²) in [6.07, 6.45) is 1.53. The highest BCUT2D eigenvalue weighted by Gasteiger charge is 2.24. The van der Waals surface area contributed by atoms with Crippen LogP contribution in [0.4, 0.5) is 4.39 Å². The van der Waals surface area contributed by atoms with Crippen LogP contribution >= 0.6 is 0 Å². The Labute approximate surface area is 142 Å². The molecule has 0 spiro atoms. The van der Waals surface area contributed by atoms with E-state index in [-0.39, 0.29) is 18.2 Å². The van der Waals surface area contributed by atoms with Gasteiger partial charge in [0.05, 0.1) is 0 Å². The maximum absolute atomic E-state index is 13.3. The number of nitrogens with two attached hydrogens (primary N) is 1. The van der Waals surface area contributed by atoms with Crippen LogP contribution in [0.3, 0.4) is 0 Å². The van der Waals surface area contributed by atoms with Crippen LogP contribution in [0.5, 0.6) is 5.75 Å². The maximum Gasteiger partial charge on any atom is 0.363 e. The molecule has 1 aliphatic rings. The number of carbonyl (C=O) groups excluding carboxylic acids is 2. The van der Waals surface area contributed by atoms with Gasteiger partial charge in [0.1, 0.15) is 11.6 Å². The number of cyclic esters (lactones) is 1. The lowest BCUT2D eigenvalue weighted by molar-refractivity contribution is -0.130. The number of carbonyl (C=O) groups is 2. The second kappa shape index (κ2) is 6.96. The Morgan fingerprint density at radius 1 is 1.24 bits per heavy atom. The summed E-state index contributed by atoms with van der Waals surface area (Å²) < 4.78 is 23.5. The lowest BCUT2D eigenvalue weighted by Crippen LogP contribution is -2.19. The minimum Gasteiger partial charge on any atom is -0.484 e. The van der Waals surface area contributed by atoms with Crippen molar-refractivity contribution in [3.8, 4) is 5.75 Å². The van der Waals surface area contributed by atoms with Crippen LogP contribution in [-0.4, -0.2) is 24.4 Å². The van der Waals surface area contributed by atoms with E-state index in [2.05, 4.69) is 4.99 Å². The fraction of sp³-hybridized carbons (Fsp3) is 0.0556. The highest BCUT2D eigenvalue weighted by molar-refractivity contribution is 6.12. The summed E-state index contributed by atoms with van der Waals surface area (Å²) in [5, 5.41) is 0. The monoisotopic (exact) mass is 340 g/mol. The lowest BCUT2D eigenvalue weighted by Gasteiger charge is -2.03. The van der Waals surface area contributed by atoms with Gasteiger partial charge in [-0.1, -0.05) is 18.2 Å². The van der Waals surface area contributed by atoms with Crippen molar-refractivity contribution in [2.24, 2.45) is 10.7 Å². The molecule has 6 nitrogen and oxygen atoms in total. The molecule has 2 aromatic carbocycles. The van der Waals surface area contributed by atoms with E-state index in [1.807, 2.05) is 0 Å². The van der Waals surface area contributed by atoms with Gasteiger partial charge in [0.2, 0.25) is 5.90 Å². The molecule has 3 rings (SSSR count). The van der Waals surface area contributed by atoms with Gasteiger partial charge in [-0.05, 0) is 42.0 Å². The first kappa shape index (κ1) is 16.4. The summed E-state index contributed by atoms with van der Waals surface area (Å²) in [6, 6.07) is 12.3. The number of rotatable bonds is 5. The number of amides is 1. The van der Waals surface area contributed by atoms with E-state index in [9.17, 15) is 14.0 Å². The van der Waals surface area contributed by atoms with E-state index < -0.39 is 17.7 Å². The third-order valence-corrected chi connectivity index (χ3v) is 3.26. The Morgan fingerprint density at radius 3 is 2.68 bits per heavy atom. The predicted octanol–water partition coefficient (Wildman–Crippen LogP) is 2.03. The Hall–Kier alpha value is -3.48. The number of hydrogen-bond acceptors (Lipinski definition) is 5. The molecule has 1 aliphatic heterocycles. The molecule has 1 heterocycles. The molecule has 7 heteroatoms. The van der Waals surface area contributed by atoms with Crippen LogP contribution in [0.1, 0.15) is 11.1 Å². The molecular formula is C18H13FN2O4. The Kier molecular flexibility index (Phi) is 4.56. The van der Waals surface area contributed by atoms with E-state index in [0.29, 0.717) is 16.9 Å². The zero-order chi connectivity index (χ0) is 17.8. The van der Waals surface area contributed by atoms with Gasteiger partial charge in [-0.15, -0.1) is 0 Å². The number of primary amides is 1. The molecule has 0 atom stereocenters. The largest absolute Gasteiger partial charge is 0.484 e. The number of ether oxygens (including phenoxy) is 2. The smallest absolute Gasteiger partial charge is 0.363 e. The Morgan fingerprint density at radius 2 is 2.00 bits per heavy atom.